The van der Waals surface area contributed by atoms with Gasteiger partial charge in [0.15, 0.2) is 0 Å². The Bertz CT molecular complexity index is 1200. The predicted octanol–water partition coefficient (Wildman–Crippen LogP) is 3.22. The van der Waals surface area contributed by atoms with Crippen molar-refractivity contribution < 1.29 is 22.7 Å². The third kappa shape index (κ3) is 6.34. The van der Waals surface area contributed by atoms with Crippen molar-refractivity contribution >= 4 is 15.9 Å². The largest absolute Gasteiger partial charge is 0.496 e. The monoisotopic (exact) mass is 468 g/mol. The van der Waals surface area contributed by atoms with E-state index in [1.807, 2.05) is 48.5 Å². The Kier molecular flexibility index (Phi) is 8.08. The van der Waals surface area contributed by atoms with E-state index in [2.05, 4.69) is 10.0 Å². The van der Waals surface area contributed by atoms with E-state index in [4.69, 9.17) is 9.47 Å². The summed E-state index contributed by atoms with van der Waals surface area (Å²) < 4.78 is 39.7. The predicted molar refractivity (Wildman–Crippen MR) is 127 cm³/mol. The van der Waals surface area contributed by atoms with Gasteiger partial charge in [-0.15, -0.1) is 0 Å². The van der Waals surface area contributed by atoms with Crippen LogP contribution in [-0.4, -0.2) is 34.6 Å². The molecule has 0 aliphatic carbocycles. The van der Waals surface area contributed by atoms with Gasteiger partial charge < -0.3 is 14.8 Å². The van der Waals surface area contributed by atoms with Crippen molar-refractivity contribution in [2.75, 3.05) is 14.2 Å². The molecule has 0 aliphatic rings. The molecule has 1 unspecified atom stereocenters. The number of carbonyl (C=O) groups excluding carboxylic acids is 1. The molecule has 0 saturated carbocycles. The quantitative estimate of drug-likeness (QED) is 0.477. The molecule has 3 aromatic carbocycles. The maximum absolute atomic E-state index is 13.3. The van der Waals surface area contributed by atoms with Crippen molar-refractivity contribution in [1.82, 2.24) is 10.0 Å². The number of nitrogens with one attached hydrogen (secondary N) is 2. The topological polar surface area (TPSA) is 93.7 Å². The highest BCUT2D eigenvalue weighted by atomic mass is 32.2. The van der Waals surface area contributed by atoms with E-state index in [1.165, 1.54) is 13.2 Å². The number of carbonyl (C=O) groups is 1. The number of rotatable bonds is 10. The van der Waals surface area contributed by atoms with Crippen LogP contribution in [0, 0.1) is 6.92 Å². The lowest BCUT2D eigenvalue weighted by molar-refractivity contribution is -0.122. The van der Waals surface area contributed by atoms with Crippen LogP contribution in [0.4, 0.5) is 0 Å². The Hall–Kier alpha value is -3.36. The van der Waals surface area contributed by atoms with Crippen molar-refractivity contribution in [3.8, 4) is 11.5 Å². The molecular weight excluding hydrogens is 440 g/mol. The van der Waals surface area contributed by atoms with E-state index >= 15 is 0 Å². The Morgan fingerprint density at radius 2 is 1.58 bits per heavy atom. The average Bonchev–Trinajstić information content (AvgIpc) is 2.82. The summed E-state index contributed by atoms with van der Waals surface area (Å²) in [5.74, 6) is 0.406. The van der Waals surface area contributed by atoms with Gasteiger partial charge in [-0.1, -0.05) is 54.6 Å². The minimum atomic E-state index is -4.05. The summed E-state index contributed by atoms with van der Waals surface area (Å²) in [4.78, 5) is 13.1. The number of para-hydroxylation sites is 1. The number of benzene rings is 3. The second-order valence-electron chi connectivity index (χ2n) is 7.55. The first-order valence-corrected chi connectivity index (χ1v) is 11.9. The van der Waals surface area contributed by atoms with Crippen LogP contribution in [0.5, 0.6) is 11.5 Å². The zero-order valence-electron chi connectivity index (χ0n) is 18.9. The van der Waals surface area contributed by atoms with Gasteiger partial charge in [0.1, 0.15) is 22.4 Å². The third-order valence-corrected chi connectivity index (χ3v) is 6.64. The minimum absolute atomic E-state index is 0.0133. The number of hydrogen-bond acceptors (Lipinski definition) is 5. The number of aryl methyl sites for hydroxylation is 1. The van der Waals surface area contributed by atoms with E-state index in [0.717, 1.165) is 16.7 Å². The van der Waals surface area contributed by atoms with Crippen molar-refractivity contribution in [3.63, 3.8) is 0 Å². The highest BCUT2D eigenvalue weighted by molar-refractivity contribution is 7.89. The Labute approximate surface area is 194 Å². The standard InChI is InChI=1S/C25H28N2O5S/c1-18-13-14-23(32-3)24(15-18)33(29,30)27-21(16-19-9-5-4-6-10-19)25(28)26-17-20-11-7-8-12-22(20)31-2/h4-15,21,27H,16-17H2,1-3H3,(H,26,28). The molecule has 1 atom stereocenters. The Morgan fingerprint density at radius 1 is 0.909 bits per heavy atom. The second-order valence-corrected chi connectivity index (χ2v) is 9.23. The van der Waals surface area contributed by atoms with Gasteiger partial charge in [0.05, 0.1) is 14.2 Å². The molecule has 0 fully saturated rings. The first kappa shape index (κ1) is 24.3. The minimum Gasteiger partial charge on any atom is -0.496 e. The molecule has 8 heteroatoms. The van der Waals surface area contributed by atoms with Crippen LogP contribution in [0.15, 0.2) is 77.7 Å². The molecule has 0 aromatic heterocycles. The SMILES string of the molecule is COc1ccccc1CNC(=O)C(Cc1ccccc1)NS(=O)(=O)c1cc(C)ccc1OC. The van der Waals surface area contributed by atoms with E-state index in [1.54, 1.807) is 32.2 Å². The van der Waals surface area contributed by atoms with Crippen molar-refractivity contribution in [3.05, 3.63) is 89.5 Å². The zero-order chi connectivity index (χ0) is 23.8. The van der Waals surface area contributed by atoms with E-state index < -0.39 is 22.0 Å². The van der Waals surface area contributed by atoms with Crippen molar-refractivity contribution in [1.29, 1.82) is 0 Å². The zero-order valence-corrected chi connectivity index (χ0v) is 19.7. The maximum atomic E-state index is 13.3. The summed E-state index contributed by atoms with van der Waals surface area (Å²) in [6, 6.07) is 20.4. The molecule has 0 spiro atoms. The van der Waals surface area contributed by atoms with Crippen LogP contribution >= 0.6 is 0 Å². The molecule has 174 valence electrons. The summed E-state index contributed by atoms with van der Waals surface area (Å²) in [5, 5.41) is 2.83. The molecule has 1 amide bonds. The molecule has 0 saturated heterocycles. The normalized spacial score (nSPS) is 12.1. The number of hydrogen-bond donors (Lipinski definition) is 2. The summed E-state index contributed by atoms with van der Waals surface area (Å²) in [7, 11) is -1.08. The smallest absolute Gasteiger partial charge is 0.244 e. The molecule has 0 bridgehead atoms. The van der Waals surface area contributed by atoms with Crippen LogP contribution in [0.1, 0.15) is 16.7 Å². The van der Waals surface area contributed by atoms with Gasteiger partial charge in [0.2, 0.25) is 15.9 Å². The first-order valence-electron chi connectivity index (χ1n) is 10.4. The summed E-state index contributed by atoms with van der Waals surface area (Å²) in [6.07, 6.45) is 0.186. The lowest BCUT2D eigenvalue weighted by Gasteiger charge is -2.20. The number of sulfonamides is 1. The molecule has 3 rings (SSSR count). The molecule has 7 nitrogen and oxygen atoms in total. The lowest BCUT2D eigenvalue weighted by Crippen LogP contribution is -2.47. The van der Waals surface area contributed by atoms with Crippen LogP contribution in [-0.2, 0) is 27.8 Å². The van der Waals surface area contributed by atoms with E-state index in [-0.39, 0.29) is 23.6 Å². The van der Waals surface area contributed by atoms with Crippen LogP contribution in [0.3, 0.4) is 0 Å². The lowest BCUT2D eigenvalue weighted by atomic mass is 10.1. The number of ether oxygens (including phenoxy) is 2. The molecule has 2 N–H and O–H groups in total. The van der Waals surface area contributed by atoms with Gasteiger partial charge in [-0.05, 0) is 42.7 Å². The van der Waals surface area contributed by atoms with Gasteiger partial charge in [0.25, 0.3) is 0 Å². The highest BCUT2D eigenvalue weighted by Crippen LogP contribution is 2.25. The van der Waals surface area contributed by atoms with Crippen LogP contribution in [0.25, 0.3) is 0 Å². The van der Waals surface area contributed by atoms with Crippen LogP contribution in [0.2, 0.25) is 0 Å². The summed E-state index contributed by atoms with van der Waals surface area (Å²) >= 11 is 0. The third-order valence-electron chi connectivity index (χ3n) is 5.15. The van der Waals surface area contributed by atoms with Gasteiger partial charge in [-0.2, -0.15) is 4.72 Å². The van der Waals surface area contributed by atoms with Crippen molar-refractivity contribution in [2.45, 2.75) is 30.8 Å². The van der Waals surface area contributed by atoms with Gasteiger partial charge in [-0.25, -0.2) is 8.42 Å². The second kappa shape index (κ2) is 11.0. The van der Waals surface area contributed by atoms with Crippen LogP contribution < -0.4 is 19.5 Å². The fourth-order valence-electron chi connectivity index (χ4n) is 3.44. The van der Waals surface area contributed by atoms with Gasteiger partial charge >= 0.3 is 0 Å². The fraction of sp³-hybridized carbons (Fsp3) is 0.240. The fourth-order valence-corrected chi connectivity index (χ4v) is 4.89. The Balaban J connectivity index is 1.86. The van der Waals surface area contributed by atoms with E-state index in [0.29, 0.717) is 5.75 Å². The maximum Gasteiger partial charge on any atom is 0.244 e. The average molecular weight is 469 g/mol. The molecule has 33 heavy (non-hydrogen) atoms. The van der Waals surface area contributed by atoms with Gasteiger partial charge in [-0.3, -0.25) is 4.79 Å². The first-order chi connectivity index (χ1) is 15.8. The molecule has 0 radical (unpaired) electrons. The highest BCUT2D eigenvalue weighted by Gasteiger charge is 2.28. The number of methoxy groups -OCH3 is 2. The molecule has 0 heterocycles. The summed E-state index contributed by atoms with van der Waals surface area (Å²) in [6.45, 7) is 1.99. The molecular formula is C25H28N2O5S. The molecule has 3 aromatic rings. The van der Waals surface area contributed by atoms with E-state index in [9.17, 15) is 13.2 Å². The van der Waals surface area contributed by atoms with Crippen molar-refractivity contribution in [2.24, 2.45) is 0 Å². The molecule has 0 aliphatic heterocycles. The summed E-state index contributed by atoms with van der Waals surface area (Å²) in [5.41, 5.74) is 2.38. The van der Waals surface area contributed by atoms with Gasteiger partial charge in [0, 0.05) is 12.1 Å². The number of amides is 1. The Morgan fingerprint density at radius 3 is 2.27 bits per heavy atom.